The maximum atomic E-state index is 10.0. The fourth-order valence-corrected chi connectivity index (χ4v) is 1.25. The molecule has 0 saturated carbocycles. The van der Waals surface area contributed by atoms with Crippen molar-refractivity contribution in [3.63, 3.8) is 0 Å². The van der Waals surface area contributed by atoms with Gasteiger partial charge in [0.05, 0.1) is 11.2 Å². The van der Waals surface area contributed by atoms with E-state index in [4.69, 9.17) is 0 Å². The van der Waals surface area contributed by atoms with Crippen molar-refractivity contribution in [3.05, 3.63) is 0 Å². The minimum Gasteiger partial charge on any atom is -0.389 e. The van der Waals surface area contributed by atoms with Crippen LogP contribution in [-0.2, 0) is 0 Å². The van der Waals surface area contributed by atoms with E-state index in [2.05, 4.69) is 5.32 Å². The molecule has 0 aromatic rings. The molecule has 0 amide bonds. The van der Waals surface area contributed by atoms with Gasteiger partial charge in [-0.25, -0.2) is 0 Å². The predicted octanol–water partition coefficient (Wildman–Crippen LogP) is 1.53. The minimum absolute atomic E-state index is 0.210. The molecule has 15 heavy (non-hydrogen) atoms. The lowest BCUT2D eigenvalue weighted by Gasteiger charge is -2.31. The second-order valence-corrected chi connectivity index (χ2v) is 5.05. The molecule has 0 bridgehead atoms. The van der Waals surface area contributed by atoms with Crippen LogP contribution in [0.15, 0.2) is 0 Å². The van der Waals surface area contributed by atoms with Gasteiger partial charge in [-0.15, -0.1) is 0 Å². The fourth-order valence-electron chi connectivity index (χ4n) is 1.25. The van der Waals surface area contributed by atoms with Crippen LogP contribution in [0.2, 0.25) is 0 Å². The molecule has 0 fully saturated rings. The van der Waals surface area contributed by atoms with Gasteiger partial charge in [0.1, 0.15) is 0 Å². The highest BCUT2D eigenvalue weighted by Gasteiger charge is 2.27. The Kier molecular flexibility index (Phi) is 5.78. The van der Waals surface area contributed by atoms with E-state index in [1.54, 1.807) is 0 Å². The van der Waals surface area contributed by atoms with E-state index in [0.29, 0.717) is 13.1 Å². The van der Waals surface area contributed by atoms with E-state index >= 15 is 0 Å². The fraction of sp³-hybridized carbons (Fsp3) is 1.00. The normalized spacial score (nSPS) is 16.8. The molecule has 0 aliphatic heterocycles. The second-order valence-electron chi connectivity index (χ2n) is 5.05. The Morgan fingerprint density at radius 1 is 1.07 bits per heavy atom. The van der Waals surface area contributed by atoms with Gasteiger partial charge in [0.15, 0.2) is 0 Å². The molecule has 0 aliphatic carbocycles. The molecule has 0 aromatic heterocycles. The van der Waals surface area contributed by atoms with Gasteiger partial charge in [-0.3, -0.25) is 0 Å². The third-order valence-electron chi connectivity index (χ3n) is 3.50. The summed E-state index contributed by atoms with van der Waals surface area (Å²) in [5.41, 5.74) is -1.34. The summed E-state index contributed by atoms with van der Waals surface area (Å²) in [7, 11) is 0. The standard InChI is InChI=1S/C12H27NO2/c1-6-12(15,7-2)9-13-8-11(5,14)10(3)4/h10,13-15H,6-9H2,1-5H3. The highest BCUT2D eigenvalue weighted by molar-refractivity contribution is 4.83. The van der Waals surface area contributed by atoms with E-state index in [9.17, 15) is 10.2 Å². The van der Waals surface area contributed by atoms with Gasteiger partial charge < -0.3 is 15.5 Å². The summed E-state index contributed by atoms with van der Waals surface area (Å²) < 4.78 is 0. The summed E-state index contributed by atoms with van der Waals surface area (Å²) in [5, 5.41) is 23.2. The van der Waals surface area contributed by atoms with Crippen molar-refractivity contribution in [2.24, 2.45) is 5.92 Å². The molecule has 0 aromatic carbocycles. The number of hydrogen-bond donors (Lipinski definition) is 3. The zero-order valence-electron chi connectivity index (χ0n) is 10.8. The van der Waals surface area contributed by atoms with Gasteiger partial charge in [0, 0.05) is 13.1 Å². The maximum Gasteiger partial charge on any atom is 0.0766 e. The van der Waals surface area contributed by atoms with Crippen LogP contribution in [0.25, 0.3) is 0 Å². The molecule has 92 valence electrons. The highest BCUT2D eigenvalue weighted by atomic mass is 16.3. The van der Waals surface area contributed by atoms with E-state index < -0.39 is 11.2 Å². The van der Waals surface area contributed by atoms with Crippen LogP contribution < -0.4 is 5.32 Å². The minimum atomic E-state index is -0.706. The van der Waals surface area contributed by atoms with E-state index in [1.807, 2.05) is 34.6 Å². The summed E-state index contributed by atoms with van der Waals surface area (Å²) in [5.74, 6) is 0.210. The lowest BCUT2D eigenvalue weighted by Crippen LogP contribution is -2.47. The molecule has 1 atom stereocenters. The third kappa shape index (κ3) is 4.96. The average molecular weight is 217 g/mol. The summed E-state index contributed by atoms with van der Waals surface area (Å²) in [4.78, 5) is 0. The first-order valence-corrected chi connectivity index (χ1v) is 5.93. The molecule has 0 saturated heterocycles. The molecule has 0 aliphatic rings. The average Bonchev–Trinajstić information content (AvgIpc) is 2.17. The predicted molar refractivity (Wildman–Crippen MR) is 63.9 cm³/mol. The first-order valence-electron chi connectivity index (χ1n) is 5.93. The molecule has 1 unspecified atom stereocenters. The number of nitrogens with one attached hydrogen (secondary N) is 1. The highest BCUT2D eigenvalue weighted by Crippen LogP contribution is 2.16. The first-order chi connectivity index (χ1) is 6.77. The molecule has 0 spiro atoms. The summed E-state index contributed by atoms with van der Waals surface area (Å²) in [6.45, 7) is 10.8. The van der Waals surface area contributed by atoms with Crippen LogP contribution in [-0.4, -0.2) is 34.5 Å². The van der Waals surface area contributed by atoms with Gasteiger partial charge in [-0.05, 0) is 25.7 Å². The van der Waals surface area contributed by atoms with Crippen molar-refractivity contribution in [3.8, 4) is 0 Å². The van der Waals surface area contributed by atoms with Gasteiger partial charge in [0.25, 0.3) is 0 Å². The van der Waals surface area contributed by atoms with Gasteiger partial charge in [-0.1, -0.05) is 27.7 Å². The zero-order chi connectivity index (χ0) is 12.1. The van der Waals surface area contributed by atoms with Crippen molar-refractivity contribution in [2.75, 3.05) is 13.1 Å². The Morgan fingerprint density at radius 2 is 1.53 bits per heavy atom. The largest absolute Gasteiger partial charge is 0.389 e. The van der Waals surface area contributed by atoms with Gasteiger partial charge >= 0.3 is 0 Å². The van der Waals surface area contributed by atoms with Crippen LogP contribution in [0, 0.1) is 5.92 Å². The Morgan fingerprint density at radius 3 is 1.87 bits per heavy atom. The van der Waals surface area contributed by atoms with Crippen LogP contribution >= 0.6 is 0 Å². The van der Waals surface area contributed by atoms with Crippen molar-refractivity contribution in [2.45, 2.75) is 58.7 Å². The summed E-state index contributed by atoms with van der Waals surface area (Å²) in [6.07, 6.45) is 1.47. The van der Waals surface area contributed by atoms with E-state index in [-0.39, 0.29) is 5.92 Å². The van der Waals surface area contributed by atoms with Crippen LogP contribution in [0.3, 0.4) is 0 Å². The molecule has 0 radical (unpaired) electrons. The van der Waals surface area contributed by atoms with Gasteiger partial charge in [0.2, 0.25) is 0 Å². The topological polar surface area (TPSA) is 52.5 Å². The molecule has 3 nitrogen and oxygen atoms in total. The lowest BCUT2D eigenvalue weighted by atomic mass is 9.91. The number of aliphatic hydroxyl groups is 2. The van der Waals surface area contributed by atoms with Crippen molar-refractivity contribution in [1.82, 2.24) is 5.32 Å². The lowest BCUT2D eigenvalue weighted by molar-refractivity contribution is -0.00272. The van der Waals surface area contributed by atoms with Gasteiger partial charge in [-0.2, -0.15) is 0 Å². The third-order valence-corrected chi connectivity index (χ3v) is 3.50. The molecule has 0 heterocycles. The van der Waals surface area contributed by atoms with Crippen molar-refractivity contribution in [1.29, 1.82) is 0 Å². The Hall–Kier alpha value is -0.120. The first kappa shape index (κ1) is 14.9. The summed E-state index contributed by atoms with van der Waals surface area (Å²) in [6, 6.07) is 0. The van der Waals surface area contributed by atoms with Crippen LogP contribution in [0.1, 0.15) is 47.5 Å². The molecular formula is C12H27NO2. The van der Waals surface area contributed by atoms with E-state index in [1.165, 1.54) is 0 Å². The summed E-state index contributed by atoms with van der Waals surface area (Å²) >= 11 is 0. The Bertz CT molecular complexity index is 170. The second kappa shape index (κ2) is 5.83. The maximum absolute atomic E-state index is 10.0. The molecule has 3 heteroatoms. The van der Waals surface area contributed by atoms with Crippen molar-refractivity contribution < 1.29 is 10.2 Å². The molecule has 3 N–H and O–H groups in total. The van der Waals surface area contributed by atoms with Crippen LogP contribution in [0.4, 0.5) is 0 Å². The smallest absolute Gasteiger partial charge is 0.0766 e. The molecule has 0 rings (SSSR count). The van der Waals surface area contributed by atoms with E-state index in [0.717, 1.165) is 12.8 Å². The zero-order valence-corrected chi connectivity index (χ0v) is 10.8. The monoisotopic (exact) mass is 217 g/mol. The Balaban J connectivity index is 3.98. The SMILES string of the molecule is CCC(O)(CC)CNCC(C)(O)C(C)C. The number of hydrogen-bond acceptors (Lipinski definition) is 3. The number of rotatable bonds is 7. The quantitative estimate of drug-likeness (QED) is 0.606. The molecular weight excluding hydrogens is 190 g/mol. The van der Waals surface area contributed by atoms with Crippen molar-refractivity contribution >= 4 is 0 Å². The van der Waals surface area contributed by atoms with Crippen LogP contribution in [0.5, 0.6) is 0 Å². The Labute approximate surface area is 93.9 Å².